The number of hydrogen-bond donors (Lipinski definition) is 6. The second kappa shape index (κ2) is 13.6. The van der Waals surface area contributed by atoms with Crippen molar-refractivity contribution in [1.29, 1.82) is 0 Å². The average molecular weight is 568 g/mol. The molecule has 16 heteroatoms. The zero-order valence-electron chi connectivity index (χ0n) is 18.3. The van der Waals surface area contributed by atoms with Gasteiger partial charge in [0.15, 0.2) is 0 Å². The molecule has 14 nitrogen and oxygen atoms in total. The summed E-state index contributed by atoms with van der Waals surface area (Å²) in [6.07, 6.45) is -7.63. The predicted molar refractivity (Wildman–Crippen MR) is 110 cm³/mol. The Bertz CT molecular complexity index is 704. The zero-order chi connectivity index (χ0) is 25.4. The number of carboxylic acids is 1. The molecule has 0 bridgehead atoms. The van der Waals surface area contributed by atoms with E-state index in [4.69, 9.17) is 19.3 Å². The molecule has 1 saturated heterocycles. The molecule has 1 aliphatic heterocycles. The molecule has 1 heterocycles. The Labute approximate surface area is 194 Å². The Morgan fingerprint density at radius 1 is 1.09 bits per heavy atom. The summed E-state index contributed by atoms with van der Waals surface area (Å²) in [5, 5.41) is 58.2. The molecule has 0 aromatic heterocycles. The Balaban J connectivity index is 2.59. The van der Waals surface area contributed by atoms with E-state index < -0.39 is 92.5 Å². The molecule has 0 amide bonds. The summed E-state index contributed by atoms with van der Waals surface area (Å²) in [5.74, 6) is -1.96. The molecular weight excluding hydrogens is 535 g/mol. The number of aliphatic hydroxyl groups is 5. The van der Waals surface area contributed by atoms with Crippen LogP contribution in [0.2, 0.25) is 21.8 Å². The van der Waals surface area contributed by atoms with E-state index in [9.17, 15) is 43.3 Å². The van der Waals surface area contributed by atoms with Gasteiger partial charge in [-0.1, -0.05) is 0 Å². The minimum absolute atomic E-state index is 0.168. The van der Waals surface area contributed by atoms with Crippen molar-refractivity contribution in [2.45, 2.75) is 58.6 Å². The zero-order valence-corrected chi connectivity index (χ0v) is 21.0. The number of hydrogen-bond acceptors (Lipinski definition) is 13. The molecule has 0 aliphatic carbocycles. The first-order valence-corrected chi connectivity index (χ1v) is 17.7. The van der Waals surface area contributed by atoms with E-state index in [1.165, 1.54) is 0 Å². The van der Waals surface area contributed by atoms with Gasteiger partial charge in [-0.25, -0.2) is 0 Å². The van der Waals surface area contributed by atoms with Crippen molar-refractivity contribution in [2.24, 2.45) is 5.92 Å². The fourth-order valence-corrected chi connectivity index (χ4v) is 9.55. The molecule has 33 heavy (non-hydrogen) atoms. The molecule has 0 aromatic carbocycles. The third kappa shape index (κ3) is 11.7. The van der Waals surface area contributed by atoms with Crippen LogP contribution in [0.5, 0.6) is 0 Å². The van der Waals surface area contributed by atoms with E-state index in [0.717, 1.165) is 0 Å². The first-order chi connectivity index (χ1) is 15.1. The maximum atomic E-state index is 11.6. The monoisotopic (exact) mass is 568 g/mol. The summed E-state index contributed by atoms with van der Waals surface area (Å²) in [4.78, 5) is 11.6. The molecule has 196 valence electrons. The number of carbonyl (C=O) groups is 1. The van der Waals surface area contributed by atoms with Crippen LogP contribution in [-0.2, 0) is 33.6 Å². The van der Waals surface area contributed by atoms with Crippen LogP contribution in [0, 0.1) is 5.92 Å². The van der Waals surface area contributed by atoms with Gasteiger partial charge in [-0.15, -0.1) is 0 Å². The Morgan fingerprint density at radius 2 is 1.73 bits per heavy atom. The molecule has 6 N–H and O–H groups in total. The molecule has 7 atom stereocenters. The molecule has 3 unspecified atom stereocenters. The fourth-order valence-electron chi connectivity index (χ4n) is 3.18. The van der Waals surface area contributed by atoms with Crippen LogP contribution in [0.25, 0.3) is 0 Å². The van der Waals surface area contributed by atoms with E-state index in [-0.39, 0.29) is 18.4 Å². The molecular formula is C17H33AsO14S. The molecule has 0 aromatic rings. The van der Waals surface area contributed by atoms with Crippen molar-refractivity contribution >= 4 is 29.9 Å². The summed E-state index contributed by atoms with van der Waals surface area (Å²) in [7, 11) is -4.99. The second-order valence-electron chi connectivity index (χ2n) is 8.41. The first-order valence-electron chi connectivity index (χ1n) is 9.98. The van der Waals surface area contributed by atoms with E-state index >= 15 is 0 Å². The van der Waals surface area contributed by atoms with Crippen molar-refractivity contribution in [3.8, 4) is 0 Å². The molecule has 1 rings (SSSR count). The molecule has 0 saturated carbocycles. The number of ether oxygens (including phenoxy) is 3. The standard InChI is InChI=1S/C17H33AsO14S/c1-18(2,3-10(16(24)25)6-29-7-11(20)5-19)4-13-14(22)15(23)17(32-13)30-8-12(21)9-31-33(26,27)28/h10-15,17,19-23H,3-9H2,1-2H3,(H-,24,25,26,27,28)/t10?,11?,12?,13-,14-,15-,17-/m1/s1. The van der Waals surface area contributed by atoms with E-state index in [0.29, 0.717) is 5.21 Å². The summed E-state index contributed by atoms with van der Waals surface area (Å²) >= 11 is -2.74. The van der Waals surface area contributed by atoms with E-state index in [1.807, 2.05) is 11.4 Å². The fraction of sp³-hybridized carbons (Fsp3) is 0.941. The van der Waals surface area contributed by atoms with Gasteiger partial charge in [0, 0.05) is 0 Å². The summed E-state index contributed by atoms with van der Waals surface area (Å²) in [6, 6.07) is 0. The number of aliphatic carboxylic acids is 1. The van der Waals surface area contributed by atoms with Gasteiger partial charge < -0.3 is 0 Å². The molecule has 0 spiro atoms. The number of carboxylic acid groups (broad SMARTS) is 1. The van der Waals surface area contributed by atoms with Crippen molar-refractivity contribution in [3.63, 3.8) is 0 Å². The summed E-state index contributed by atoms with van der Waals surface area (Å²) in [5.41, 5.74) is 3.80. The molecule has 1 aliphatic rings. The van der Waals surface area contributed by atoms with Crippen LogP contribution < -0.4 is 0 Å². The summed E-state index contributed by atoms with van der Waals surface area (Å²) < 4.78 is 51.0. The normalized spacial score (nSPS) is 26.8. The van der Waals surface area contributed by atoms with Gasteiger partial charge in [0.05, 0.1) is 0 Å². The van der Waals surface area contributed by atoms with Gasteiger partial charge in [0.2, 0.25) is 0 Å². The first kappa shape index (κ1) is 30.6. The topological polar surface area (TPSA) is 233 Å². The van der Waals surface area contributed by atoms with Gasteiger partial charge in [-0.2, -0.15) is 0 Å². The van der Waals surface area contributed by atoms with Gasteiger partial charge in [0.1, 0.15) is 0 Å². The maximum absolute atomic E-state index is 11.6. The number of rotatable bonds is 16. The Hall–Kier alpha value is -0.422. The van der Waals surface area contributed by atoms with Gasteiger partial charge in [-0.05, 0) is 0 Å². The average Bonchev–Trinajstić information content (AvgIpc) is 2.96. The van der Waals surface area contributed by atoms with Crippen molar-refractivity contribution < 1.29 is 66.8 Å². The van der Waals surface area contributed by atoms with Crippen LogP contribution in [0.4, 0.5) is 0 Å². The van der Waals surface area contributed by atoms with Gasteiger partial charge in [0.25, 0.3) is 0 Å². The van der Waals surface area contributed by atoms with Crippen molar-refractivity contribution in [2.75, 3.05) is 33.0 Å². The van der Waals surface area contributed by atoms with Gasteiger partial charge >= 0.3 is 194 Å². The van der Waals surface area contributed by atoms with Gasteiger partial charge in [-0.3, -0.25) is 0 Å². The van der Waals surface area contributed by atoms with Crippen LogP contribution in [0.1, 0.15) is 0 Å². The van der Waals surface area contributed by atoms with Crippen LogP contribution >= 0.6 is 0 Å². The third-order valence-electron chi connectivity index (χ3n) is 4.75. The van der Waals surface area contributed by atoms with Crippen LogP contribution in [0.3, 0.4) is 0 Å². The SMILES string of the molecule is C[As+](C)(CC(COCC(O)CO)C(=O)O)C[C@H]1O[C@@H](OCC(O)COS(=O)(=O)[O-])[C@H](O)[C@@H]1O. The van der Waals surface area contributed by atoms with E-state index in [2.05, 4.69) is 4.18 Å². The third-order valence-corrected chi connectivity index (χ3v) is 11.0. The van der Waals surface area contributed by atoms with Crippen molar-refractivity contribution in [3.05, 3.63) is 0 Å². The quantitative estimate of drug-likeness (QED) is 0.0622. The van der Waals surface area contributed by atoms with E-state index in [1.54, 1.807) is 0 Å². The predicted octanol–water partition coefficient (Wildman–Crippen LogP) is -2.93. The summed E-state index contributed by atoms with van der Waals surface area (Å²) in [6.45, 7) is -2.28. The Morgan fingerprint density at radius 3 is 2.27 bits per heavy atom. The molecule has 0 radical (unpaired) electrons. The minimum atomic E-state index is -4.99. The van der Waals surface area contributed by atoms with Crippen LogP contribution in [-0.4, -0.2) is 133 Å². The molecule has 1 fully saturated rings. The van der Waals surface area contributed by atoms with Crippen LogP contribution in [0.15, 0.2) is 0 Å². The Kier molecular flexibility index (Phi) is 12.6. The second-order valence-corrected chi connectivity index (χ2v) is 19.1. The number of aliphatic hydroxyl groups excluding tert-OH is 5. The van der Waals surface area contributed by atoms with Crippen molar-refractivity contribution in [1.82, 2.24) is 0 Å².